The number of hydrogen-bond donors (Lipinski definition) is 3. The molecule has 11 heteroatoms. The van der Waals surface area contributed by atoms with Crippen LogP contribution < -0.4 is 21.5 Å². The molecule has 1 aliphatic heterocycles. The standard InChI is InChI=1S/C21H28ClN3O6S/c1-5-13(15-10-7-11(3)31-15)23-16-17(20(28)19(16)27)24-14-9-8-12(22)21(18(14)26)32(29)25(6-2)30-4/h8-9,11,13,15,23-24,26H,5-7,10H2,1-4H3/t11-,13-,15?,32?/m1/s1. The molecule has 0 saturated carbocycles. The fourth-order valence-corrected chi connectivity index (χ4v) is 5.22. The van der Waals surface area contributed by atoms with Gasteiger partial charge in [0.2, 0.25) is 0 Å². The van der Waals surface area contributed by atoms with Crippen LogP contribution >= 0.6 is 11.6 Å². The summed E-state index contributed by atoms with van der Waals surface area (Å²) in [6, 6.07) is 2.76. The number of nitrogens with one attached hydrogen (secondary N) is 2. The number of nitrogens with zero attached hydrogens (tertiary/aromatic N) is 1. The Morgan fingerprint density at radius 2 is 1.97 bits per heavy atom. The van der Waals surface area contributed by atoms with Gasteiger partial charge in [0.25, 0.3) is 10.9 Å². The van der Waals surface area contributed by atoms with Crippen molar-refractivity contribution in [3.05, 3.63) is 37.6 Å². The molecule has 1 heterocycles. The highest BCUT2D eigenvalue weighted by Gasteiger charge is 2.32. The second-order valence-corrected chi connectivity index (χ2v) is 9.33. The zero-order valence-electron chi connectivity index (χ0n) is 18.4. The third kappa shape index (κ3) is 4.69. The first-order chi connectivity index (χ1) is 15.2. The monoisotopic (exact) mass is 485 g/mol. The van der Waals surface area contributed by atoms with Gasteiger partial charge in [0, 0.05) is 6.54 Å². The van der Waals surface area contributed by atoms with Gasteiger partial charge in [0.1, 0.15) is 16.3 Å². The van der Waals surface area contributed by atoms with E-state index < -0.39 is 27.6 Å². The summed E-state index contributed by atoms with van der Waals surface area (Å²) >= 11 is 6.17. The number of hydrogen-bond acceptors (Lipinski definition) is 8. The molecule has 0 aromatic heterocycles. The van der Waals surface area contributed by atoms with Gasteiger partial charge in [-0.15, -0.1) is 4.47 Å². The molecule has 4 atom stereocenters. The van der Waals surface area contributed by atoms with Crippen LogP contribution in [-0.2, 0) is 20.6 Å². The molecule has 176 valence electrons. The fraction of sp³-hybridized carbons (Fsp3) is 0.524. The van der Waals surface area contributed by atoms with Gasteiger partial charge in [0.15, 0.2) is 16.7 Å². The first-order valence-corrected chi connectivity index (χ1v) is 12.0. The highest BCUT2D eigenvalue weighted by atomic mass is 35.5. The Morgan fingerprint density at radius 3 is 2.53 bits per heavy atom. The van der Waals surface area contributed by atoms with Crippen LogP contribution in [0.2, 0.25) is 5.02 Å². The van der Waals surface area contributed by atoms with Gasteiger partial charge in [-0.25, -0.2) is 4.21 Å². The summed E-state index contributed by atoms with van der Waals surface area (Å²) in [7, 11) is -0.549. The zero-order chi connectivity index (χ0) is 23.6. The summed E-state index contributed by atoms with van der Waals surface area (Å²) in [6.45, 7) is 5.99. The Labute approximate surface area is 193 Å². The van der Waals surface area contributed by atoms with Crippen molar-refractivity contribution in [1.82, 2.24) is 4.47 Å². The summed E-state index contributed by atoms with van der Waals surface area (Å²) in [5.74, 6) is -0.398. The van der Waals surface area contributed by atoms with E-state index >= 15 is 0 Å². The van der Waals surface area contributed by atoms with Crippen molar-refractivity contribution in [3.63, 3.8) is 0 Å². The lowest BCUT2D eigenvalue weighted by Gasteiger charge is -2.26. The zero-order valence-corrected chi connectivity index (χ0v) is 20.0. The van der Waals surface area contributed by atoms with Crippen LogP contribution in [0.1, 0.15) is 40.0 Å². The third-order valence-electron chi connectivity index (χ3n) is 5.56. The minimum atomic E-state index is -1.90. The van der Waals surface area contributed by atoms with E-state index in [-0.39, 0.29) is 51.8 Å². The van der Waals surface area contributed by atoms with Crippen LogP contribution in [0.5, 0.6) is 5.75 Å². The lowest BCUT2D eigenvalue weighted by molar-refractivity contribution is -0.0391. The molecule has 3 N–H and O–H groups in total. The second kappa shape index (κ2) is 10.3. The molecule has 0 bridgehead atoms. The normalized spacial score (nSPS) is 20.6. The van der Waals surface area contributed by atoms with Crippen molar-refractivity contribution in [2.24, 2.45) is 0 Å². The Balaban J connectivity index is 1.88. The molecule has 1 aliphatic rings. The molecule has 0 radical (unpaired) electrons. The molecule has 2 aromatic rings. The number of aromatic hydroxyl groups is 1. The molecule has 3 rings (SSSR count). The highest BCUT2D eigenvalue weighted by Crippen LogP contribution is 2.39. The second-order valence-electron chi connectivity index (χ2n) is 7.61. The number of phenolic OH excluding ortho intramolecular Hbond substituents is 1. The van der Waals surface area contributed by atoms with Crippen molar-refractivity contribution in [1.29, 1.82) is 0 Å². The molecule has 2 aromatic carbocycles. The summed E-state index contributed by atoms with van der Waals surface area (Å²) in [5, 5.41) is 16.8. The van der Waals surface area contributed by atoms with Gasteiger partial charge in [-0.1, -0.05) is 18.5 Å². The summed E-state index contributed by atoms with van der Waals surface area (Å²) in [4.78, 5) is 29.5. The minimum Gasteiger partial charge on any atom is -0.504 e. The summed E-state index contributed by atoms with van der Waals surface area (Å²) in [5.41, 5.74) is -1.06. The SMILES string of the molecule is CC[C@@H](Nc1c(Nc2ccc(Cl)c(S(=O)N(CC)OC)c2O)c(=O)c1=O)C1CC[C@@H](C)O1. The summed E-state index contributed by atoms with van der Waals surface area (Å²) < 4.78 is 19.8. The molecule has 0 amide bonds. The lowest BCUT2D eigenvalue weighted by atomic mass is 10.0. The molecule has 0 spiro atoms. The van der Waals surface area contributed by atoms with E-state index in [2.05, 4.69) is 10.6 Å². The molecule has 1 fully saturated rings. The van der Waals surface area contributed by atoms with Crippen LogP contribution in [0.15, 0.2) is 26.6 Å². The Morgan fingerprint density at radius 1 is 1.28 bits per heavy atom. The van der Waals surface area contributed by atoms with Crippen molar-refractivity contribution >= 4 is 39.6 Å². The molecular weight excluding hydrogens is 458 g/mol. The first-order valence-electron chi connectivity index (χ1n) is 10.5. The van der Waals surface area contributed by atoms with Crippen LogP contribution in [0.4, 0.5) is 17.1 Å². The van der Waals surface area contributed by atoms with E-state index in [1.165, 1.54) is 19.2 Å². The smallest absolute Gasteiger partial charge is 0.253 e. The Bertz CT molecular complexity index is 1070. The largest absolute Gasteiger partial charge is 0.504 e. The maximum atomic E-state index is 12.8. The van der Waals surface area contributed by atoms with Crippen molar-refractivity contribution in [2.75, 3.05) is 24.3 Å². The van der Waals surface area contributed by atoms with Gasteiger partial charge in [-0.05, 0) is 45.2 Å². The average molecular weight is 486 g/mol. The van der Waals surface area contributed by atoms with Crippen LogP contribution in [0.3, 0.4) is 0 Å². The first kappa shape index (κ1) is 24.7. The molecule has 9 nitrogen and oxygen atoms in total. The maximum absolute atomic E-state index is 12.8. The third-order valence-corrected chi connectivity index (χ3v) is 7.52. The Kier molecular flexibility index (Phi) is 7.94. The van der Waals surface area contributed by atoms with Gasteiger partial charge >= 0.3 is 0 Å². The van der Waals surface area contributed by atoms with E-state index in [9.17, 15) is 18.9 Å². The predicted molar refractivity (Wildman–Crippen MR) is 125 cm³/mol. The summed E-state index contributed by atoms with van der Waals surface area (Å²) in [6.07, 6.45) is 2.61. The number of hydroxylamine groups is 1. The van der Waals surface area contributed by atoms with E-state index in [0.29, 0.717) is 6.42 Å². The average Bonchev–Trinajstić information content (AvgIpc) is 3.21. The van der Waals surface area contributed by atoms with Gasteiger partial charge in [-0.2, -0.15) is 0 Å². The predicted octanol–water partition coefficient (Wildman–Crippen LogP) is 3.05. The van der Waals surface area contributed by atoms with Gasteiger partial charge < -0.3 is 20.5 Å². The van der Waals surface area contributed by atoms with Crippen molar-refractivity contribution < 1.29 is 18.9 Å². The van der Waals surface area contributed by atoms with Gasteiger partial charge in [-0.3, -0.25) is 14.4 Å². The molecular formula is C21H28ClN3O6S. The van der Waals surface area contributed by atoms with Crippen molar-refractivity contribution in [3.8, 4) is 5.75 Å². The van der Waals surface area contributed by atoms with Crippen LogP contribution in [0, 0.1) is 0 Å². The van der Waals surface area contributed by atoms with E-state index in [0.717, 1.165) is 17.3 Å². The lowest BCUT2D eigenvalue weighted by Crippen LogP contribution is -2.42. The number of rotatable bonds is 10. The fourth-order valence-electron chi connectivity index (χ4n) is 3.79. The number of phenols is 1. The van der Waals surface area contributed by atoms with E-state index in [1.54, 1.807) is 6.92 Å². The van der Waals surface area contributed by atoms with Crippen molar-refractivity contribution in [2.45, 2.75) is 63.2 Å². The van der Waals surface area contributed by atoms with E-state index in [4.69, 9.17) is 21.2 Å². The number of ether oxygens (including phenoxy) is 1. The highest BCUT2D eigenvalue weighted by molar-refractivity contribution is 7.82. The van der Waals surface area contributed by atoms with Crippen LogP contribution in [0.25, 0.3) is 0 Å². The minimum absolute atomic E-state index is 0.0351. The number of anilines is 3. The molecule has 0 aliphatic carbocycles. The van der Waals surface area contributed by atoms with Crippen LogP contribution in [-0.4, -0.2) is 45.7 Å². The quantitative estimate of drug-likeness (QED) is 0.267. The van der Waals surface area contributed by atoms with E-state index in [1.807, 2.05) is 13.8 Å². The number of halogens is 1. The Hall–Kier alpha value is -1.98. The topological polar surface area (TPSA) is 117 Å². The number of benzene rings is 1. The molecule has 1 saturated heterocycles. The molecule has 32 heavy (non-hydrogen) atoms. The molecule has 2 unspecified atom stereocenters. The maximum Gasteiger partial charge on any atom is 0.253 e. The van der Waals surface area contributed by atoms with Gasteiger partial charge in [0.05, 0.1) is 36.1 Å².